The molecule has 82 valence electrons. The molecule has 0 aromatic heterocycles. The van der Waals surface area contributed by atoms with Gasteiger partial charge in [0.15, 0.2) is 6.10 Å². The fourth-order valence-electron chi connectivity index (χ4n) is 0.623. The Hall–Kier alpha value is -1.80. The Morgan fingerprint density at radius 1 is 1.21 bits per heavy atom. The van der Waals surface area contributed by atoms with Crippen LogP contribution in [0.25, 0.3) is 0 Å². The van der Waals surface area contributed by atoms with Crippen LogP contribution in [0.4, 0.5) is 0 Å². The second kappa shape index (κ2) is 7.83. The molecule has 0 aliphatic heterocycles. The first-order valence-corrected chi connectivity index (χ1v) is 3.53. The molecule has 0 aliphatic rings. The monoisotopic (exact) mass is 210 g/mol. The third-order valence-electron chi connectivity index (χ3n) is 1.29. The summed E-state index contributed by atoms with van der Waals surface area (Å²) in [6.07, 6.45) is -0.963. The van der Waals surface area contributed by atoms with Crippen molar-refractivity contribution in [3.05, 3.63) is 30.2 Å². The number of hydrogen-bond acceptors (Lipinski definition) is 7. The highest BCUT2D eigenvalue weighted by molar-refractivity contribution is 4.58. The van der Waals surface area contributed by atoms with E-state index in [1.54, 1.807) is 13.8 Å². The van der Waals surface area contributed by atoms with Crippen molar-refractivity contribution in [2.75, 3.05) is 6.54 Å². The van der Waals surface area contributed by atoms with Crippen LogP contribution in [0.3, 0.4) is 0 Å². The average molecular weight is 210 g/mol. The second-order valence-corrected chi connectivity index (χ2v) is 2.63. The molecule has 1 atom stereocenters. The predicted molar refractivity (Wildman–Crippen MR) is 45.3 cm³/mol. The van der Waals surface area contributed by atoms with Crippen molar-refractivity contribution in [1.29, 1.82) is 0 Å². The predicted octanol–water partition coefficient (Wildman–Crippen LogP) is 0.563. The van der Waals surface area contributed by atoms with Gasteiger partial charge in [0.2, 0.25) is 6.54 Å². The van der Waals surface area contributed by atoms with Crippen LogP contribution in [0.15, 0.2) is 0 Å². The lowest BCUT2D eigenvalue weighted by atomic mass is 10.1. The van der Waals surface area contributed by atoms with Crippen molar-refractivity contribution in [2.45, 2.75) is 20.0 Å². The third-order valence-corrected chi connectivity index (χ3v) is 1.29. The molecular weight excluding hydrogens is 200 g/mol. The summed E-state index contributed by atoms with van der Waals surface area (Å²) in [6, 6.07) is 0. The molecule has 0 radical (unpaired) electrons. The third kappa shape index (κ3) is 8.30. The molecule has 0 N–H and O–H groups in total. The van der Waals surface area contributed by atoms with Gasteiger partial charge in [-0.25, -0.2) is 0 Å². The molecular formula is C5H10N2O7. The van der Waals surface area contributed by atoms with Crippen molar-refractivity contribution >= 4 is 0 Å². The summed E-state index contributed by atoms with van der Waals surface area (Å²) < 4.78 is 0. The van der Waals surface area contributed by atoms with E-state index in [-0.39, 0.29) is 5.92 Å². The van der Waals surface area contributed by atoms with E-state index in [0.29, 0.717) is 0 Å². The molecule has 0 saturated carbocycles. The first-order chi connectivity index (χ1) is 6.43. The van der Waals surface area contributed by atoms with Crippen molar-refractivity contribution in [2.24, 2.45) is 5.92 Å². The molecule has 0 aromatic carbocycles. The SMILES string of the molecule is CC(C)C(C[N+](=O)[O-])O[N+](=O)[O-].O=O. The molecule has 14 heavy (non-hydrogen) atoms. The molecule has 0 fully saturated rings. The summed E-state index contributed by atoms with van der Waals surface area (Å²) in [5.74, 6) is -0.249. The largest absolute Gasteiger partial charge is 0.303 e. The Balaban J connectivity index is 0. The lowest BCUT2D eigenvalue weighted by Crippen LogP contribution is -2.30. The van der Waals surface area contributed by atoms with Gasteiger partial charge in [-0.15, -0.1) is 10.1 Å². The summed E-state index contributed by atoms with van der Waals surface area (Å²) >= 11 is 0. The minimum Gasteiger partial charge on any atom is -0.303 e. The maximum atomic E-state index is 10.00. The second-order valence-electron chi connectivity index (χ2n) is 2.63. The molecule has 0 heterocycles. The number of hydrogen-bond donors (Lipinski definition) is 0. The van der Waals surface area contributed by atoms with Gasteiger partial charge in [0.1, 0.15) is 0 Å². The Labute approximate surface area is 78.5 Å². The van der Waals surface area contributed by atoms with E-state index in [1.165, 1.54) is 0 Å². The van der Waals surface area contributed by atoms with E-state index in [4.69, 9.17) is 9.93 Å². The number of rotatable bonds is 5. The molecule has 0 spiro atoms. The number of nitrogens with zero attached hydrogens (tertiary/aromatic N) is 2. The van der Waals surface area contributed by atoms with Gasteiger partial charge in [-0.3, -0.25) is 10.1 Å². The van der Waals surface area contributed by atoms with Crippen LogP contribution in [0.2, 0.25) is 0 Å². The van der Waals surface area contributed by atoms with Crippen LogP contribution in [0.1, 0.15) is 13.8 Å². The maximum Gasteiger partial charge on any atom is 0.295 e. The Morgan fingerprint density at radius 2 is 1.64 bits per heavy atom. The quantitative estimate of drug-likeness (QED) is 0.478. The lowest BCUT2D eigenvalue weighted by molar-refractivity contribution is -0.776. The minimum absolute atomic E-state index is 0.249. The topological polar surface area (TPSA) is 130 Å². The van der Waals surface area contributed by atoms with Gasteiger partial charge >= 0.3 is 0 Å². The minimum atomic E-state index is -1.01. The molecule has 0 saturated heterocycles. The highest BCUT2D eigenvalue weighted by Gasteiger charge is 2.23. The first kappa shape index (κ1) is 14.7. The highest BCUT2D eigenvalue weighted by atomic mass is 17.0. The van der Waals surface area contributed by atoms with E-state index in [9.17, 15) is 20.2 Å². The van der Waals surface area contributed by atoms with Crippen LogP contribution >= 0.6 is 0 Å². The fourth-order valence-corrected chi connectivity index (χ4v) is 0.623. The zero-order valence-electron chi connectivity index (χ0n) is 7.61. The first-order valence-electron chi connectivity index (χ1n) is 3.53. The van der Waals surface area contributed by atoms with Gasteiger partial charge in [0.25, 0.3) is 5.09 Å². The van der Waals surface area contributed by atoms with E-state index in [2.05, 4.69) is 4.84 Å². The van der Waals surface area contributed by atoms with Crippen LogP contribution < -0.4 is 0 Å². The summed E-state index contributed by atoms with van der Waals surface area (Å²) in [5.41, 5.74) is 0. The number of nitro groups is 1. The van der Waals surface area contributed by atoms with Gasteiger partial charge in [-0.05, 0) is 5.92 Å². The van der Waals surface area contributed by atoms with E-state index < -0.39 is 22.7 Å². The highest BCUT2D eigenvalue weighted by Crippen LogP contribution is 2.06. The molecule has 0 aromatic rings. The Bertz CT molecular complexity index is 179. The van der Waals surface area contributed by atoms with Gasteiger partial charge < -0.3 is 4.84 Å². The van der Waals surface area contributed by atoms with Crippen molar-refractivity contribution < 1.29 is 14.8 Å². The van der Waals surface area contributed by atoms with E-state index in [1.807, 2.05) is 0 Å². The van der Waals surface area contributed by atoms with E-state index in [0.717, 1.165) is 0 Å². The average Bonchev–Trinajstić information content (AvgIpc) is 2.05. The molecule has 9 heteroatoms. The van der Waals surface area contributed by atoms with Crippen molar-refractivity contribution in [3.8, 4) is 0 Å². The zero-order chi connectivity index (χ0) is 11.7. The van der Waals surface area contributed by atoms with Gasteiger partial charge in [0.05, 0.1) is 0 Å². The van der Waals surface area contributed by atoms with E-state index >= 15 is 0 Å². The summed E-state index contributed by atoms with van der Waals surface area (Å²) in [7, 11) is 0. The van der Waals surface area contributed by atoms with Crippen LogP contribution in [0, 0.1) is 36.1 Å². The zero-order valence-corrected chi connectivity index (χ0v) is 7.61. The molecule has 0 bridgehead atoms. The van der Waals surface area contributed by atoms with Crippen LogP contribution in [-0.2, 0) is 4.84 Å². The van der Waals surface area contributed by atoms with Gasteiger partial charge in [0, 0.05) is 14.9 Å². The standard InChI is InChI=1S/C5H10N2O5.O2/c1-4(2)5(3-6(8)9)12-7(10)11;1-2/h4-5H,3H2,1-2H3;. The van der Waals surface area contributed by atoms with Crippen molar-refractivity contribution in [3.63, 3.8) is 0 Å². The molecule has 0 rings (SSSR count). The molecule has 0 aliphatic carbocycles. The molecule has 0 amide bonds. The van der Waals surface area contributed by atoms with Gasteiger partial charge in [-0.1, -0.05) is 13.8 Å². The Morgan fingerprint density at radius 3 is 1.86 bits per heavy atom. The van der Waals surface area contributed by atoms with Gasteiger partial charge in [-0.2, -0.15) is 0 Å². The smallest absolute Gasteiger partial charge is 0.295 e. The summed E-state index contributed by atoms with van der Waals surface area (Å²) in [5, 5.41) is 18.8. The van der Waals surface area contributed by atoms with Crippen LogP contribution in [-0.4, -0.2) is 22.7 Å². The lowest BCUT2D eigenvalue weighted by Gasteiger charge is -2.13. The Kier molecular flexibility index (Phi) is 8.23. The molecule has 1 unspecified atom stereocenters. The van der Waals surface area contributed by atoms with Crippen LogP contribution in [0.5, 0.6) is 0 Å². The summed E-state index contributed by atoms with van der Waals surface area (Å²) in [4.78, 5) is 37.3. The normalized spacial score (nSPS) is 11.1. The van der Waals surface area contributed by atoms with Crippen molar-refractivity contribution in [1.82, 2.24) is 0 Å². The summed E-state index contributed by atoms with van der Waals surface area (Å²) in [6.45, 7) is 2.70. The fraction of sp³-hybridized carbons (Fsp3) is 1.00. The maximum absolute atomic E-state index is 10.00. The molecule has 9 nitrogen and oxygen atoms in total.